The number of hydrogen-bond acceptors (Lipinski definition) is 4. The molecular formula is C19H27ClF3N3O3S. The maximum absolute atomic E-state index is 12.9. The minimum Gasteiger partial charge on any atom is -0.354 e. The SMILES string of the molecule is CC(C)(CNC(=O)CCNS(=O)(=O)c1ccc(Cl)c(C(F)(F)F)c1)N1CCCCC1. The van der Waals surface area contributed by atoms with E-state index in [-0.39, 0.29) is 24.4 Å². The lowest BCUT2D eigenvalue weighted by Crippen LogP contribution is -2.53. The van der Waals surface area contributed by atoms with Crippen LogP contribution in [0.25, 0.3) is 0 Å². The number of halogens is 4. The van der Waals surface area contributed by atoms with Gasteiger partial charge < -0.3 is 5.32 Å². The topological polar surface area (TPSA) is 78.5 Å². The highest BCUT2D eigenvalue weighted by atomic mass is 35.5. The van der Waals surface area contributed by atoms with Gasteiger partial charge in [0.15, 0.2) is 0 Å². The highest BCUT2D eigenvalue weighted by molar-refractivity contribution is 7.89. The number of likely N-dealkylation sites (tertiary alicyclic amines) is 1. The molecule has 0 atom stereocenters. The minimum absolute atomic E-state index is 0.130. The van der Waals surface area contributed by atoms with Gasteiger partial charge in [0.25, 0.3) is 0 Å². The average molecular weight is 470 g/mol. The molecule has 0 unspecified atom stereocenters. The Labute approximate surface area is 180 Å². The van der Waals surface area contributed by atoms with Crippen molar-refractivity contribution in [2.75, 3.05) is 26.2 Å². The van der Waals surface area contributed by atoms with Crippen LogP contribution in [0.5, 0.6) is 0 Å². The van der Waals surface area contributed by atoms with E-state index in [1.165, 1.54) is 6.42 Å². The molecule has 0 aromatic heterocycles. The molecule has 170 valence electrons. The van der Waals surface area contributed by atoms with Crippen molar-refractivity contribution in [3.05, 3.63) is 28.8 Å². The number of nitrogens with zero attached hydrogens (tertiary/aromatic N) is 1. The number of sulfonamides is 1. The number of piperidine rings is 1. The van der Waals surface area contributed by atoms with Crippen LogP contribution in [0.4, 0.5) is 13.2 Å². The molecule has 1 heterocycles. The fourth-order valence-corrected chi connectivity index (χ4v) is 4.57. The Morgan fingerprint density at radius 1 is 1.17 bits per heavy atom. The molecule has 0 radical (unpaired) electrons. The van der Waals surface area contributed by atoms with E-state index >= 15 is 0 Å². The molecule has 1 aromatic carbocycles. The predicted molar refractivity (Wildman–Crippen MR) is 109 cm³/mol. The van der Waals surface area contributed by atoms with E-state index in [9.17, 15) is 26.4 Å². The van der Waals surface area contributed by atoms with E-state index in [2.05, 4.69) is 14.9 Å². The molecule has 2 rings (SSSR count). The van der Waals surface area contributed by atoms with Crippen molar-refractivity contribution in [1.29, 1.82) is 0 Å². The van der Waals surface area contributed by atoms with Crippen molar-refractivity contribution in [1.82, 2.24) is 14.9 Å². The fraction of sp³-hybridized carbons (Fsp3) is 0.632. The monoisotopic (exact) mass is 469 g/mol. The van der Waals surface area contributed by atoms with Crippen LogP contribution < -0.4 is 10.0 Å². The van der Waals surface area contributed by atoms with Gasteiger partial charge in [-0.25, -0.2) is 13.1 Å². The van der Waals surface area contributed by atoms with Crippen LogP contribution in [0.3, 0.4) is 0 Å². The molecule has 0 aliphatic carbocycles. The van der Waals surface area contributed by atoms with Crippen LogP contribution in [0.1, 0.15) is 45.1 Å². The molecular weight excluding hydrogens is 443 g/mol. The third-order valence-electron chi connectivity index (χ3n) is 5.13. The number of rotatable bonds is 8. The summed E-state index contributed by atoms with van der Waals surface area (Å²) in [5.74, 6) is -0.338. The van der Waals surface area contributed by atoms with Gasteiger partial charge in [0.1, 0.15) is 0 Å². The van der Waals surface area contributed by atoms with E-state index in [1.54, 1.807) is 0 Å². The lowest BCUT2D eigenvalue weighted by Gasteiger charge is -2.41. The van der Waals surface area contributed by atoms with E-state index in [0.29, 0.717) is 12.6 Å². The Balaban J connectivity index is 1.87. The van der Waals surface area contributed by atoms with E-state index < -0.39 is 31.7 Å². The van der Waals surface area contributed by atoms with E-state index in [4.69, 9.17) is 11.6 Å². The van der Waals surface area contributed by atoms with Gasteiger partial charge in [0, 0.05) is 25.0 Å². The van der Waals surface area contributed by atoms with Gasteiger partial charge in [-0.3, -0.25) is 9.69 Å². The van der Waals surface area contributed by atoms with Gasteiger partial charge in [-0.05, 0) is 58.0 Å². The van der Waals surface area contributed by atoms with Gasteiger partial charge in [0.2, 0.25) is 15.9 Å². The third-order valence-corrected chi connectivity index (χ3v) is 6.92. The first-order chi connectivity index (χ1) is 13.8. The van der Waals surface area contributed by atoms with E-state index in [1.807, 2.05) is 13.8 Å². The molecule has 11 heteroatoms. The molecule has 0 spiro atoms. The summed E-state index contributed by atoms with van der Waals surface area (Å²) in [7, 11) is -4.21. The zero-order valence-electron chi connectivity index (χ0n) is 17.0. The molecule has 1 aliphatic rings. The fourth-order valence-electron chi connectivity index (χ4n) is 3.29. The summed E-state index contributed by atoms with van der Waals surface area (Å²) in [5, 5.41) is 2.22. The number of alkyl halides is 3. The number of carbonyl (C=O) groups excluding carboxylic acids is 1. The summed E-state index contributed by atoms with van der Waals surface area (Å²) < 4.78 is 65.5. The number of benzene rings is 1. The van der Waals surface area contributed by atoms with Crippen LogP contribution in [0.2, 0.25) is 5.02 Å². The van der Waals surface area contributed by atoms with Crippen molar-refractivity contribution in [2.24, 2.45) is 0 Å². The summed E-state index contributed by atoms with van der Waals surface area (Å²) in [4.78, 5) is 13.8. The number of carbonyl (C=O) groups is 1. The predicted octanol–water partition coefficient (Wildman–Crippen LogP) is 3.41. The maximum atomic E-state index is 12.9. The van der Waals surface area contributed by atoms with Crippen LogP contribution >= 0.6 is 11.6 Å². The molecule has 1 saturated heterocycles. The van der Waals surface area contributed by atoms with Crippen LogP contribution in [0, 0.1) is 0 Å². The smallest absolute Gasteiger partial charge is 0.354 e. The zero-order chi connectivity index (χ0) is 22.6. The molecule has 1 aromatic rings. The van der Waals surface area contributed by atoms with Crippen molar-refractivity contribution >= 4 is 27.5 Å². The average Bonchev–Trinajstić information content (AvgIpc) is 2.66. The Morgan fingerprint density at radius 3 is 2.40 bits per heavy atom. The first-order valence-corrected chi connectivity index (χ1v) is 11.6. The van der Waals surface area contributed by atoms with Crippen molar-refractivity contribution in [2.45, 2.75) is 56.1 Å². The van der Waals surface area contributed by atoms with Crippen LogP contribution in [0.15, 0.2) is 23.1 Å². The van der Waals surface area contributed by atoms with Gasteiger partial charge in [-0.1, -0.05) is 18.0 Å². The molecule has 1 amide bonds. The lowest BCUT2D eigenvalue weighted by atomic mass is 9.98. The van der Waals surface area contributed by atoms with Gasteiger partial charge in [0.05, 0.1) is 15.5 Å². The first kappa shape index (κ1) is 24.9. The molecule has 6 nitrogen and oxygen atoms in total. The zero-order valence-corrected chi connectivity index (χ0v) is 18.6. The molecule has 1 fully saturated rings. The van der Waals surface area contributed by atoms with Crippen molar-refractivity contribution in [3.8, 4) is 0 Å². The quantitative estimate of drug-likeness (QED) is 0.611. The first-order valence-electron chi connectivity index (χ1n) is 9.71. The number of amides is 1. The Hall–Kier alpha value is -1.36. The number of nitrogens with one attached hydrogen (secondary N) is 2. The third kappa shape index (κ3) is 6.83. The molecule has 1 aliphatic heterocycles. The maximum Gasteiger partial charge on any atom is 0.417 e. The van der Waals surface area contributed by atoms with Gasteiger partial charge >= 0.3 is 6.18 Å². The summed E-state index contributed by atoms with van der Waals surface area (Å²) in [6.07, 6.45) is -1.45. The molecule has 2 N–H and O–H groups in total. The molecule has 30 heavy (non-hydrogen) atoms. The second-order valence-corrected chi connectivity index (χ2v) is 10.1. The second kappa shape index (κ2) is 9.84. The summed E-state index contributed by atoms with van der Waals surface area (Å²) in [6.45, 7) is 6.22. The molecule has 0 saturated carbocycles. The summed E-state index contributed by atoms with van der Waals surface area (Å²) >= 11 is 5.51. The highest BCUT2D eigenvalue weighted by Crippen LogP contribution is 2.35. The Kier molecular flexibility index (Phi) is 8.17. The second-order valence-electron chi connectivity index (χ2n) is 7.92. The summed E-state index contributed by atoms with van der Waals surface area (Å²) in [6, 6.07) is 2.35. The summed E-state index contributed by atoms with van der Waals surface area (Å²) in [5.41, 5.74) is -1.45. The van der Waals surface area contributed by atoms with E-state index in [0.717, 1.165) is 38.1 Å². The highest BCUT2D eigenvalue weighted by Gasteiger charge is 2.34. The lowest BCUT2D eigenvalue weighted by molar-refractivity contribution is -0.137. The van der Waals surface area contributed by atoms with Crippen molar-refractivity contribution < 1.29 is 26.4 Å². The normalized spacial score (nSPS) is 16.5. The van der Waals surface area contributed by atoms with Crippen LogP contribution in [-0.2, 0) is 21.0 Å². The molecule has 0 bridgehead atoms. The number of hydrogen-bond donors (Lipinski definition) is 2. The largest absolute Gasteiger partial charge is 0.417 e. The Morgan fingerprint density at radius 2 is 1.80 bits per heavy atom. The Bertz CT molecular complexity index is 854. The van der Waals surface area contributed by atoms with Crippen molar-refractivity contribution in [3.63, 3.8) is 0 Å². The standard InChI is InChI=1S/C19H27ClF3N3O3S/c1-18(2,26-10-4-3-5-11-26)13-24-17(27)8-9-25-30(28,29)14-6-7-16(20)15(12-14)19(21,22)23/h6-7,12,25H,3-5,8-11,13H2,1-2H3,(H,24,27). The van der Waals surface area contributed by atoms with Crippen LogP contribution in [-0.4, -0.2) is 50.9 Å². The van der Waals surface area contributed by atoms with Gasteiger partial charge in [-0.2, -0.15) is 13.2 Å². The van der Waals surface area contributed by atoms with Gasteiger partial charge in [-0.15, -0.1) is 0 Å². The minimum atomic E-state index is -4.77.